The second-order valence-corrected chi connectivity index (χ2v) is 5.44. The van der Waals surface area contributed by atoms with Crippen molar-refractivity contribution in [1.29, 1.82) is 0 Å². The molecule has 3 rings (SSSR count). The van der Waals surface area contributed by atoms with E-state index in [4.69, 9.17) is 13.6 Å². The lowest BCUT2D eigenvalue weighted by molar-refractivity contribution is -0.123. The number of carbonyl (C=O) groups is 1. The number of aryl methyl sites for hydroxylation is 1. The molecule has 2 heterocycles. The molecule has 0 unspecified atom stereocenters. The van der Waals surface area contributed by atoms with Crippen molar-refractivity contribution >= 4 is 5.91 Å². The van der Waals surface area contributed by atoms with Gasteiger partial charge in [0.05, 0.1) is 18.4 Å². The Hall–Kier alpha value is -2.95. The number of ether oxygens (including phenoxy) is 1. The summed E-state index contributed by atoms with van der Waals surface area (Å²) in [7, 11) is 0. The third-order valence-electron chi connectivity index (χ3n) is 3.73. The van der Waals surface area contributed by atoms with Crippen LogP contribution < -0.4 is 10.1 Å². The molecule has 1 amide bonds. The summed E-state index contributed by atoms with van der Waals surface area (Å²) in [6.07, 6.45) is 3.21. The van der Waals surface area contributed by atoms with E-state index in [1.807, 2.05) is 55.5 Å². The van der Waals surface area contributed by atoms with Gasteiger partial charge in [0.1, 0.15) is 17.3 Å². The highest BCUT2D eigenvalue weighted by Crippen LogP contribution is 2.24. The second-order valence-electron chi connectivity index (χ2n) is 5.44. The van der Waals surface area contributed by atoms with Crippen LogP contribution in [0.4, 0.5) is 0 Å². The van der Waals surface area contributed by atoms with Crippen LogP contribution in [-0.4, -0.2) is 19.1 Å². The average Bonchev–Trinajstić information content (AvgIpc) is 3.28. The Balaban J connectivity index is 1.57. The highest BCUT2D eigenvalue weighted by molar-refractivity contribution is 5.77. The maximum atomic E-state index is 12.1. The van der Waals surface area contributed by atoms with E-state index in [9.17, 15) is 4.79 Å². The third-order valence-corrected chi connectivity index (χ3v) is 3.73. The van der Waals surface area contributed by atoms with Crippen LogP contribution >= 0.6 is 0 Å². The second kappa shape index (κ2) is 7.55. The first-order valence-corrected chi connectivity index (χ1v) is 7.76. The average molecular weight is 325 g/mol. The molecule has 2 aromatic heterocycles. The molecule has 0 spiro atoms. The maximum absolute atomic E-state index is 12.1. The summed E-state index contributed by atoms with van der Waals surface area (Å²) in [5.41, 5.74) is 0.995. The van der Waals surface area contributed by atoms with Gasteiger partial charge in [-0.2, -0.15) is 0 Å². The van der Waals surface area contributed by atoms with Gasteiger partial charge in [-0.15, -0.1) is 0 Å². The predicted octanol–water partition coefficient (Wildman–Crippen LogP) is 3.51. The zero-order chi connectivity index (χ0) is 16.8. The third kappa shape index (κ3) is 3.87. The molecule has 0 aliphatic heterocycles. The molecule has 0 aliphatic rings. The first-order chi connectivity index (χ1) is 11.7. The number of furan rings is 2. The van der Waals surface area contributed by atoms with Crippen molar-refractivity contribution in [2.24, 2.45) is 0 Å². The Morgan fingerprint density at radius 1 is 1.04 bits per heavy atom. The van der Waals surface area contributed by atoms with Gasteiger partial charge in [-0.05, 0) is 42.8 Å². The number of hydrogen-bond donors (Lipinski definition) is 1. The monoisotopic (exact) mass is 325 g/mol. The maximum Gasteiger partial charge on any atom is 0.257 e. The molecular formula is C19H19NO4. The van der Waals surface area contributed by atoms with E-state index in [0.717, 1.165) is 17.1 Å². The lowest BCUT2D eigenvalue weighted by Gasteiger charge is -2.14. The molecule has 0 aliphatic carbocycles. The first-order valence-electron chi connectivity index (χ1n) is 7.76. The van der Waals surface area contributed by atoms with Crippen molar-refractivity contribution in [2.75, 3.05) is 13.2 Å². The zero-order valence-corrected chi connectivity index (χ0v) is 13.4. The van der Waals surface area contributed by atoms with E-state index < -0.39 is 0 Å². The molecular weight excluding hydrogens is 306 g/mol. The van der Waals surface area contributed by atoms with Gasteiger partial charge in [-0.3, -0.25) is 4.79 Å². The lowest BCUT2D eigenvalue weighted by Crippen LogP contribution is -2.32. The van der Waals surface area contributed by atoms with E-state index in [0.29, 0.717) is 12.3 Å². The van der Waals surface area contributed by atoms with Crippen LogP contribution in [0.1, 0.15) is 23.0 Å². The first kappa shape index (κ1) is 15.9. The summed E-state index contributed by atoms with van der Waals surface area (Å²) in [4.78, 5) is 12.1. The summed E-state index contributed by atoms with van der Waals surface area (Å²) in [5.74, 6) is 1.83. The minimum atomic E-state index is -0.193. The van der Waals surface area contributed by atoms with Crippen LogP contribution in [0.25, 0.3) is 0 Å². The molecule has 0 saturated heterocycles. The molecule has 0 saturated carbocycles. The van der Waals surface area contributed by atoms with Crippen molar-refractivity contribution < 1.29 is 18.4 Å². The van der Waals surface area contributed by atoms with Crippen LogP contribution in [0.15, 0.2) is 69.9 Å². The van der Waals surface area contributed by atoms with Gasteiger partial charge in [-0.25, -0.2) is 0 Å². The number of benzene rings is 1. The summed E-state index contributed by atoms with van der Waals surface area (Å²) in [6, 6.07) is 15.0. The highest BCUT2D eigenvalue weighted by Gasteiger charge is 2.20. The minimum Gasteiger partial charge on any atom is -0.484 e. The van der Waals surface area contributed by atoms with E-state index in [1.54, 1.807) is 12.5 Å². The number of para-hydroxylation sites is 1. The Kier molecular flexibility index (Phi) is 5.01. The molecule has 1 aromatic carbocycles. The molecule has 24 heavy (non-hydrogen) atoms. The van der Waals surface area contributed by atoms with Crippen LogP contribution in [0, 0.1) is 6.92 Å². The number of rotatable bonds is 7. The molecule has 5 heteroatoms. The fourth-order valence-electron chi connectivity index (χ4n) is 2.45. The summed E-state index contributed by atoms with van der Waals surface area (Å²) in [5, 5.41) is 2.87. The van der Waals surface area contributed by atoms with E-state index in [1.165, 1.54) is 0 Å². The van der Waals surface area contributed by atoms with Crippen molar-refractivity contribution in [1.82, 2.24) is 5.32 Å². The normalized spacial score (nSPS) is 10.8. The molecule has 5 nitrogen and oxygen atoms in total. The molecule has 0 radical (unpaired) electrons. The number of amides is 1. The largest absolute Gasteiger partial charge is 0.484 e. The van der Waals surface area contributed by atoms with Gasteiger partial charge in [0, 0.05) is 6.54 Å². The minimum absolute atomic E-state index is 0.0338. The van der Waals surface area contributed by atoms with Crippen molar-refractivity contribution in [3.8, 4) is 5.75 Å². The van der Waals surface area contributed by atoms with E-state index in [-0.39, 0.29) is 18.4 Å². The summed E-state index contributed by atoms with van der Waals surface area (Å²) < 4.78 is 16.5. The SMILES string of the molecule is Cc1ccccc1OCC(=O)NCC(c1ccco1)c1ccco1. The Bertz CT molecular complexity index is 728. The Labute approximate surface area is 140 Å². The zero-order valence-electron chi connectivity index (χ0n) is 13.4. The molecule has 1 N–H and O–H groups in total. The topological polar surface area (TPSA) is 64.6 Å². The molecule has 124 valence electrons. The van der Waals surface area contributed by atoms with Crippen molar-refractivity contribution in [3.05, 3.63) is 78.1 Å². The molecule has 0 fully saturated rings. The van der Waals surface area contributed by atoms with Crippen LogP contribution in [0.5, 0.6) is 5.75 Å². The van der Waals surface area contributed by atoms with Gasteiger partial charge in [0.25, 0.3) is 5.91 Å². The number of carbonyl (C=O) groups excluding carboxylic acids is 1. The Morgan fingerprint density at radius 2 is 1.71 bits per heavy atom. The number of hydrogen-bond acceptors (Lipinski definition) is 4. The smallest absolute Gasteiger partial charge is 0.257 e. The summed E-state index contributed by atoms with van der Waals surface area (Å²) >= 11 is 0. The lowest BCUT2D eigenvalue weighted by atomic mass is 10.0. The van der Waals surface area contributed by atoms with Gasteiger partial charge in [0.15, 0.2) is 6.61 Å². The van der Waals surface area contributed by atoms with Gasteiger partial charge < -0.3 is 18.9 Å². The molecule has 3 aromatic rings. The van der Waals surface area contributed by atoms with Crippen molar-refractivity contribution in [3.63, 3.8) is 0 Å². The predicted molar refractivity (Wildman–Crippen MR) is 88.9 cm³/mol. The van der Waals surface area contributed by atoms with E-state index >= 15 is 0 Å². The standard InChI is InChI=1S/C19H19NO4/c1-14-6-2-3-7-16(14)24-13-19(21)20-12-15(17-8-4-10-22-17)18-9-5-11-23-18/h2-11,15H,12-13H2,1H3,(H,20,21). The fourth-order valence-corrected chi connectivity index (χ4v) is 2.45. The van der Waals surface area contributed by atoms with Gasteiger partial charge >= 0.3 is 0 Å². The van der Waals surface area contributed by atoms with Crippen LogP contribution in [0.2, 0.25) is 0 Å². The fraction of sp³-hybridized carbons (Fsp3) is 0.211. The molecule has 0 atom stereocenters. The molecule has 0 bridgehead atoms. The highest BCUT2D eigenvalue weighted by atomic mass is 16.5. The van der Waals surface area contributed by atoms with Crippen LogP contribution in [-0.2, 0) is 4.79 Å². The quantitative estimate of drug-likeness (QED) is 0.722. The summed E-state index contributed by atoms with van der Waals surface area (Å²) in [6.45, 7) is 2.28. The van der Waals surface area contributed by atoms with Gasteiger partial charge in [0.2, 0.25) is 0 Å². The number of nitrogens with one attached hydrogen (secondary N) is 1. The van der Waals surface area contributed by atoms with Crippen LogP contribution in [0.3, 0.4) is 0 Å². The van der Waals surface area contributed by atoms with Crippen molar-refractivity contribution in [2.45, 2.75) is 12.8 Å². The van der Waals surface area contributed by atoms with E-state index in [2.05, 4.69) is 5.32 Å². The Morgan fingerprint density at radius 3 is 2.29 bits per heavy atom. The van der Waals surface area contributed by atoms with Gasteiger partial charge in [-0.1, -0.05) is 18.2 Å².